The molecule has 38 heavy (non-hydrogen) atoms. The van der Waals surface area contributed by atoms with E-state index in [1.54, 1.807) is 35.1 Å². The molecular weight excluding hydrogens is 512 g/mol. The van der Waals surface area contributed by atoms with Crippen LogP contribution in [-0.4, -0.2) is 82.0 Å². The summed E-state index contributed by atoms with van der Waals surface area (Å²) in [5.74, 6) is -0.437. The number of non-ortho nitro benzene ring substituents is 1. The van der Waals surface area contributed by atoms with E-state index >= 15 is 0 Å². The van der Waals surface area contributed by atoms with Crippen LogP contribution in [-0.2, 0) is 27.8 Å². The highest BCUT2D eigenvalue weighted by Gasteiger charge is 2.38. The summed E-state index contributed by atoms with van der Waals surface area (Å²) in [7, 11) is -1.68. The van der Waals surface area contributed by atoms with Gasteiger partial charge in [-0.15, -0.1) is 5.10 Å². The summed E-state index contributed by atoms with van der Waals surface area (Å²) >= 11 is 0. The zero-order valence-corrected chi connectivity index (χ0v) is 22.3. The minimum atomic E-state index is -3.49. The number of hydrogen-bond donors (Lipinski definition) is 0. The summed E-state index contributed by atoms with van der Waals surface area (Å²) in [6.45, 7) is 5.12. The van der Waals surface area contributed by atoms with Crippen molar-refractivity contribution in [3.8, 4) is 0 Å². The van der Waals surface area contributed by atoms with Crippen molar-refractivity contribution in [2.45, 2.75) is 33.0 Å². The van der Waals surface area contributed by atoms with E-state index in [0.29, 0.717) is 30.9 Å². The van der Waals surface area contributed by atoms with E-state index in [-0.39, 0.29) is 30.6 Å². The Balaban J connectivity index is 1.28. The number of sulfonamides is 1. The van der Waals surface area contributed by atoms with Crippen molar-refractivity contribution in [3.63, 3.8) is 0 Å². The number of nitrogens with zero attached hydrogens (tertiary/aromatic N) is 6. The summed E-state index contributed by atoms with van der Waals surface area (Å²) < 4.78 is 34.0. The van der Waals surface area contributed by atoms with E-state index in [2.05, 4.69) is 10.3 Å². The summed E-state index contributed by atoms with van der Waals surface area (Å²) in [5, 5.41) is 19.0. The van der Waals surface area contributed by atoms with Gasteiger partial charge in [0.05, 0.1) is 41.2 Å². The Bertz CT molecular complexity index is 1400. The maximum absolute atomic E-state index is 12.8. The Labute approximate surface area is 221 Å². The molecule has 4 rings (SSSR count). The number of nitro benzene ring substituents is 1. The second-order valence-corrected chi connectivity index (χ2v) is 11.6. The third-order valence-electron chi connectivity index (χ3n) is 6.38. The predicted molar refractivity (Wildman–Crippen MR) is 139 cm³/mol. The molecule has 1 unspecified atom stereocenters. The Morgan fingerprint density at radius 3 is 2.50 bits per heavy atom. The lowest BCUT2D eigenvalue weighted by Crippen LogP contribution is -2.38. The van der Waals surface area contributed by atoms with Gasteiger partial charge in [-0.25, -0.2) is 17.9 Å². The van der Waals surface area contributed by atoms with Crippen LogP contribution in [0.25, 0.3) is 0 Å². The topological polar surface area (TPSA) is 141 Å². The molecule has 0 aliphatic carbocycles. The van der Waals surface area contributed by atoms with Crippen molar-refractivity contribution in [2.24, 2.45) is 0 Å². The second kappa shape index (κ2) is 11.4. The van der Waals surface area contributed by atoms with Gasteiger partial charge in [0.1, 0.15) is 6.61 Å². The van der Waals surface area contributed by atoms with Crippen LogP contribution >= 0.6 is 0 Å². The molecule has 1 saturated heterocycles. The first-order chi connectivity index (χ1) is 18.0. The number of carbonyl (C=O) groups is 1. The number of rotatable bonds is 10. The van der Waals surface area contributed by atoms with Crippen LogP contribution in [0, 0.1) is 24.0 Å². The molecule has 1 aliphatic heterocycles. The van der Waals surface area contributed by atoms with Crippen LogP contribution in [0.5, 0.6) is 0 Å². The fourth-order valence-corrected chi connectivity index (χ4v) is 6.18. The zero-order chi connectivity index (χ0) is 27.4. The van der Waals surface area contributed by atoms with Crippen molar-refractivity contribution in [1.82, 2.24) is 24.2 Å². The Hall–Kier alpha value is -3.68. The SMILES string of the molecule is Cc1cc(C)cc(C(=O)OCCN(C)C2CN(Cc3cn(Cc4ccc([N+](=O)[O-])cc4)nn3)S(=O)(=O)C2)c1. The maximum Gasteiger partial charge on any atom is 0.338 e. The number of aromatic nitrogens is 3. The number of esters is 1. The van der Waals surface area contributed by atoms with Crippen LogP contribution in [0.2, 0.25) is 0 Å². The molecule has 0 amide bonds. The predicted octanol–water partition coefficient (Wildman–Crippen LogP) is 2.15. The quantitative estimate of drug-likeness (QED) is 0.214. The lowest BCUT2D eigenvalue weighted by molar-refractivity contribution is -0.384. The summed E-state index contributed by atoms with van der Waals surface area (Å²) in [6, 6.07) is 11.4. The van der Waals surface area contributed by atoms with E-state index < -0.39 is 20.9 Å². The number of aryl methyl sites for hydroxylation is 2. The number of benzene rings is 2. The van der Waals surface area contributed by atoms with Crippen molar-refractivity contribution in [2.75, 3.05) is 32.5 Å². The molecular formula is C25H30N6O6S. The smallest absolute Gasteiger partial charge is 0.338 e. The maximum atomic E-state index is 12.8. The normalized spacial score (nSPS) is 17.1. The van der Waals surface area contributed by atoms with E-state index in [1.807, 2.05) is 31.9 Å². The molecule has 2 heterocycles. The molecule has 1 aliphatic rings. The van der Waals surface area contributed by atoms with Crippen LogP contribution in [0.1, 0.15) is 32.7 Å². The lowest BCUT2D eigenvalue weighted by Gasteiger charge is -2.22. The summed E-state index contributed by atoms with van der Waals surface area (Å²) in [4.78, 5) is 24.6. The van der Waals surface area contributed by atoms with Gasteiger partial charge in [0.2, 0.25) is 10.0 Å². The number of likely N-dealkylation sites (N-methyl/N-ethyl adjacent to an activating group) is 1. The van der Waals surface area contributed by atoms with Gasteiger partial charge in [-0.1, -0.05) is 34.5 Å². The first-order valence-electron chi connectivity index (χ1n) is 12.1. The highest BCUT2D eigenvalue weighted by molar-refractivity contribution is 7.89. The lowest BCUT2D eigenvalue weighted by atomic mass is 10.1. The van der Waals surface area contributed by atoms with E-state index in [4.69, 9.17) is 4.74 Å². The molecule has 202 valence electrons. The molecule has 0 N–H and O–H groups in total. The van der Waals surface area contributed by atoms with Gasteiger partial charge in [-0.3, -0.25) is 15.0 Å². The average Bonchev–Trinajstić information content (AvgIpc) is 3.41. The number of hydrogen-bond acceptors (Lipinski definition) is 9. The third-order valence-corrected chi connectivity index (χ3v) is 8.26. The van der Waals surface area contributed by atoms with Gasteiger partial charge < -0.3 is 4.74 Å². The molecule has 2 aromatic carbocycles. The average molecular weight is 543 g/mol. The molecule has 0 radical (unpaired) electrons. The Morgan fingerprint density at radius 2 is 1.84 bits per heavy atom. The molecule has 0 saturated carbocycles. The minimum absolute atomic E-state index is 0.00585. The first kappa shape index (κ1) is 27.4. The Morgan fingerprint density at radius 1 is 1.16 bits per heavy atom. The highest BCUT2D eigenvalue weighted by Crippen LogP contribution is 2.20. The first-order valence-corrected chi connectivity index (χ1v) is 13.7. The summed E-state index contributed by atoms with van der Waals surface area (Å²) in [5.41, 5.74) is 3.78. The van der Waals surface area contributed by atoms with Gasteiger partial charge in [0.15, 0.2) is 0 Å². The number of ether oxygens (including phenoxy) is 1. The molecule has 0 spiro atoms. The van der Waals surface area contributed by atoms with Gasteiger partial charge in [0, 0.05) is 31.3 Å². The van der Waals surface area contributed by atoms with Gasteiger partial charge in [-0.2, -0.15) is 4.31 Å². The van der Waals surface area contributed by atoms with Crippen molar-refractivity contribution < 1.29 is 22.9 Å². The highest BCUT2D eigenvalue weighted by atomic mass is 32.2. The number of nitro groups is 1. The third kappa shape index (κ3) is 6.79. The molecule has 13 heteroatoms. The fraction of sp³-hybridized carbons (Fsp3) is 0.400. The van der Waals surface area contributed by atoms with Crippen molar-refractivity contribution in [1.29, 1.82) is 0 Å². The van der Waals surface area contributed by atoms with Crippen LogP contribution < -0.4 is 0 Å². The van der Waals surface area contributed by atoms with Gasteiger partial charge >= 0.3 is 5.97 Å². The van der Waals surface area contributed by atoms with Gasteiger partial charge in [0.25, 0.3) is 5.69 Å². The van der Waals surface area contributed by atoms with Crippen LogP contribution in [0.3, 0.4) is 0 Å². The molecule has 0 bridgehead atoms. The Kier molecular flexibility index (Phi) is 8.19. The van der Waals surface area contributed by atoms with E-state index in [9.17, 15) is 23.3 Å². The van der Waals surface area contributed by atoms with Crippen molar-refractivity contribution >= 4 is 21.7 Å². The molecule has 1 fully saturated rings. The number of carbonyl (C=O) groups excluding carboxylic acids is 1. The molecule has 3 aromatic rings. The molecule has 12 nitrogen and oxygen atoms in total. The van der Waals surface area contributed by atoms with Crippen LogP contribution in [0.15, 0.2) is 48.7 Å². The standard InChI is InChI=1S/C25H30N6O6S/c1-18-10-19(2)12-21(11-18)25(32)37-9-8-28(3)24-16-30(38(35,36)17-24)15-22-14-29(27-26-22)13-20-4-6-23(7-5-20)31(33)34/h4-7,10-12,14,24H,8-9,13,15-17H2,1-3H3. The largest absolute Gasteiger partial charge is 0.461 e. The van der Waals surface area contributed by atoms with E-state index in [0.717, 1.165) is 16.7 Å². The molecule has 1 atom stereocenters. The van der Waals surface area contributed by atoms with Gasteiger partial charge in [-0.05, 0) is 38.6 Å². The molecule has 1 aromatic heterocycles. The monoisotopic (exact) mass is 542 g/mol. The second-order valence-electron chi connectivity index (χ2n) is 9.55. The van der Waals surface area contributed by atoms with Crippen molar-refractivity contribution in [3.05, 3.63) is 86.7 Å². The van der Waals surface area contributed by atoms with Crippen LogP contribution in [0.4, 0.5) is 5.69 Å². The van der Waals surface area contributed by atoms with E-state index in [1.165, 1.54) is 16.4 Å². The minimum Gasteiger partial charge on any atom is -0.461 e. The zero-order valence-electron chi connectivity index (χ0n) is 21.5. The fourth-order valence-electron chi connectivity index (χ4n) is 4.40. The summed E-state index contributed by atoms with van der Waals surface area (Å²) in [6.07, 6.45) is 1.67.